The van der Waals surface area contributed by atoms with Crippen LogP contribution in [0.3, 0.4) is 0 Å². The SMILES string of the molecule is CN=C(NCCc1c(C)nn(C)c1C)NCC1(c2ccccc2Br)CC1. The zero-order valence-corrected chi connectivity index (χ0v) is 17.7. The standard InChI is InChI=1S/C20H28BrN5/c1-14-16(15(2)26(4)25-14)9-12-23-19(22-3)24-13-20(10-11-20)17-7-5-6-8-18(17)21/h5-8H,9-13H2,1-4H3,(H2,22,23,24). The van der Waals surface area contributed by atoms with Gasteiger partial charge < -0.3 is 10.6 Å². The Morgan fingerprint density at radius 2 is 2.00 bits per heavy atom. The number of nitrogens with zero attached hydrogens (tertiary/aromatic N) is 3. The minimum atomic E-state index is 0.230. The molecule has 0 spiro atoms. The molecular formula is C20H28BrN5. The van der Waals surface area contributed by atoms with Crippen molar-refractivity contribution in [3.05, 3.63) is 51.3 Å². The summed E-state index contributed by atoms with van der Waals surface area (Å²) in [5, 5.41) is 11.4. The second-order valence-electron chi connectivity index (χ2n) is 7.14. The topological polar surface area (TPSA) is 54.2 Å². The van der Waals surface area contributed by atoms with Crippen molar-refractivity contribution in [1.29, 1.82) is 0 Å². The molecule has 0 aliphatic heterocycles. The molecule has 26 heavy (non-hydrogen) atoms. The van der Waals surface area contributed by atoms with E-state index in [0.29, 0.717) is 0 Å². The van der Waals surface area contributed by atoms with Crippen molar-refractivity contribution >= 4 is 21.9 Å². The van der Waals surface area contributed by atoms with Gasteiger partial charge in [0.25, 0.3) is 0 Å². The fourth-order valence-electron chi connectivity index (χ4n) is 3.54. The summed E-state index contributed by atoms with van der Waals surface area (Å²) in [5.41, 5.74) is 5.29. The van der Waals surface area contributed by atoms with Gasteiger partial charge in [-0.15, -0.1) is 0 Å². The van der Waals surface area contributed by atoms with Crippen LogP contribution >= 0.6 is 15.9 Å². The zero-order valence-electron chi connectivity index (χ0n) is 16.1. The Bertz CT molecular complexity index is 805. The number of aliphatic imine (C=N–C) groups is 1. The molecule has 1 aliphatic carbocycles. The largest absolute Gasteiger partial charge is 0.356 e. The Balaban J connectivity index is 1.54. The smallest absolute Gasteiger partial charge is 0.191 e. The molecular weight excluding hydrogens is 390 g/mol. The van der Waals surface area contributed by atoms with E-state index in [1.54, 1.807) is 0 Å². The molecule has 1 fully saturated rings. The van der Waals surface area contributed by atoms with Crippen molar-refractivity contribution in [2.24, 2.45) is 12.0 Å². The van der Waals surface area contributed by atoms with Gasteiger partial charge in [-0.3, -0.25) is 9.67 Å². The molecule has 2 N–H and O–H groups in total. The first-order chi connectivity index (χ1) is 12.5. The predicted molar refractivity (Wildman–Crippen MR) is 111 cm³/mol. The number of guanidine groups is 1. The van der Waals surface area contributed by atoms with Crippen molar-refractivity contribution in [2.75, 3.05) is 20.1 Å². The highest BCUT2D eigenvalue weighted by atomic mass is 79.9. The molecule has 0 bridgehead atoms. The van der Waals surface area contributed by atoms with E-state index in [4.69, 9.17) is 0 Å². The maximum atomic E-state index is 4.49. The normalized spacial score (nSPS) is 15.8. The van der Waals surface area contributed by atoms with Crippen LogP contribution in [0.4, 0.5) is 0 Å². The van der Waals surface area contributed by atoms with E-state index in [-0.39, 0.29) is 5.41 Å². The van der Waals surface area contributed by atoms with E-state index in [0.717, 1.165) is 31.2 Å². The number of nitrogens with one attached hydrogen (secondary N) is 2. The lowest BCUT2D eigenvalue weighted by atomic mass is 9.96. The predicted octanol–water partition coefficient (Wildman–Crippen LogP) is 3.24. The number of aryl methyl sites for hydroxylation is 2. The van der Waals surface area contributed by atoms with Gasteiger partial charge in [0.05, 0.1) is 5.69 Å². The monoisotopic (exact) mass is 417 g/mol. The summed E-state index contributed by atoms with van der Waals surface area (Å²) in [5.74, 6) is 0.863. The minimum Gasteiger partial charge on any atom is -0.356 e. The van der Waals surface area contributed by atoms with Gasteiger partial charge in [0.1, 0.15) is 0 Å². The van der Waals surface area contributed by atoms with E-state index in [2.05, 4.69) is 74.8 Å². The second kappa shape index (κ2) is 7.82. The molecule has 1 aromatic carbocycles. The molecule has 0 unspecified atom stereocenters. The molecule has 0 radical (unpaired) electrons. The molecule has 6 heteroatoms. The Kier molecular flexibility index (Phi) is 5.70. The van der Waals surface area contributed by atoms with Gasteiger partial charge in [-0.05, 0) is 50.3 Å². The van der Waals surface area contributed by atoms with Crippen LogP contribution < -0.4 is 10.6 Å². The maximum absolute atomic E-state index is 4.49. The van der Waals surface area contributed by atoms with Gasteiger partial charge in [0.2, 0.25) is 0 Å². The lowest BCUT2D eigenvalue weighted by molar-refractivity contribution is 0.642. The van der Waals surface area contributed by atoms with Gasteiger partial charge >= 0.3 is 0 Å². The number of hydrogen-bond donors (Lipinski definition) is 2. The van der Waals surface area contributed by atoms with Crippen LogP contribution in [0.2, 0.25) is 0 Å². The Labute approximate surface area is 164 Å². The summed E-state index contributed by atoms with van der Waals surface area (Å²) in [6.07, 6.45) is 3.38. The molecule has 0 saturated heterocycles. The zero-order chi connectivity index (χ0) is 18.7. The van der Waals surface area contributed by atoms with Crippen molar-refractivity contribution in [3.63, 3.8) is 0 Å². The van der Waals surface area contributed by atoms with Crippen molar-refractivity contribution < 1.29 is 0 Å². The van der Waals surface area contributed by atoms with Crippen molar-refractivity contribution in [1.82, 2.24) is 20.4 Å². The summed E-state index contributed by atoms with van der Waals surface area (Å²) in [7, 11) is 3.82. The summed E-state index contributed by atoms with van der Waals surface area (Å²) in [6, 6.07) is 8.54. The molecule has 0 atom stereocenters. The molecule has 0 amide bonds. The molecule has 1 heterocycles. The number of halogens is 1. The summed E-state index contributed by atoms with van der Waals surface area (Å²) < 4.78 is 3.15. The summed E-state index contributed by atoms with van der Waals surface area (Å²) >= 11 is 3.70. The highest BCUT2D eigenvalue weighted by Crippen LogP contribution is 2.49. The molecule has 5 nitrogen and oxygen atoms in total. The first-order valence-corrected chi connectivity index (χ1v) is 9.95. The number of aromatic nitrogens is 2. The quantitative estimate of drug-likeness (QED) is 0.560. The third-order valence-electron chi connectivity index (χ3n) is 5.44. The van der Waals surface area contributed by atoms with E-state index < -0.39 is 0 Å². The van der Waals surface area contributed by atoms with Gasteiger partial charge in [0.15, 0.2) is 5.96 Å². The molecule has 1 aromatic heterocycles. The third kappa shape index (κ3) is 3.95. The highest BCUT2D eigenvalue weighted by molar-refractivity contribution is 9.10. The van der Waals surface area contributed by atoms with E-state index in [9.17, 15) is 0 Å². The first kappa shape index (κ1) is 19.0. The van der Waals surface area contributed by atoms with Crippen LogP contribution in [0.25, 0.3) is 0 Å². The fraction of sp³-hybridized carbons (Fsp3) is 0.500. The van der Waals surface area contributed by atoms with Crippen LogP contribution in [0.15, 0.2) is 33.7 Å². The van der Waals surface area contributed by atoms with Crippen LogP contribution in [-0.2, 0) is 18.9 Å². The van der Waals surface area contributed by atoms with Gasteiger partial charge in [-0.1, -0.05) is 34.1 Å². The number of benzene rings is 1. The molecule has 1 saturated carbocycles. The van der Waals surface area contributed by atoms with Crippen LogP contribution in [0.1, 0.15) is 35.4 Å². The fourth-order valence-corrected chi connectivity index (χ4v) is 4.25. The van der Waals surface area contributed by atoms with Crippen LogP contribution in [0, 0.1) is 13.8 Å². The Morgan fingerprint density at radius 3 is 2.58 bits per heavy atom. The van der Waals surface area contributed by atoms with E-state index in [1.807, 2.05) is 18.8 Å². The molecule has 140 valence electrons. The molecule has 3 rings (SSSR count). The van der Waals surface area contributed by atoms with Crippen LogP contribution in [0.5, 0.6) is 0 Å². The van der Waals surface area contributed by atoms with E-state index in [1.165, 1.54) is 34.1 Å². The average molecular weight is 418 g/mol. The Morgan fingerprint density at radius 1 is 1.27 bits per heavy atom. The maximum Gasteiger partial charge on any atom is 0.191 e. The lowest BCUT2D eigenvalue weighted by Gasteiger charge is -2.20. The van der Waals surface area contributed by atoms with Gasteiger partial charge in [-0.25, -0.2) is 0 Å². The van der Waals surface area contributed by atoms with Crippen molar-refractivity contribution in [3.8, 4) is 0 Å². The molecule has 1 aliphatic rings. The van der Waals surface area contributed by atoms with Gasteiger partial charge in [-0.2, -0.15) is 5.10 Å². The van der Waals surface area contributed by atoms with Crippen molar-refractivity contribution in [2.45, 2.75) is 38.5 Å². The lowest BCUT2D eigenvalue weighted by Crippen LogP contribution is -2.42. The second-order valence-corrected chi connectivity index (χ2v) is 7.99. The third-order valence-corrected chi connectivity index (χ3v) is 6.13. The Hall–Kier alpha value is -1.82. The summed E-state index contributed by atoms with van der Waals surface area (Å²) in [6.45, 7) is 5.94. The summed E-state index contributed by atoms with van der Waals surface area (Å²) in [4.78, 5) is 4.38. The first-order valence-electron chi connectivity index (χ1n) is 9.15. The minimum absolute atomic E-state index is 0.230. The average Bonchev–Trinajstić information content (AvgIpc) is 3.37. The van der Waals surface area contributed by atoms with E-state index >= 15 is 0 Å². The number of hydrogen-bond acceptors (Lipinski definition) is 2. The van der Waals surface area contributed by atoms with Crippen LogP contribution in [-0.4, -0.2) is 35.9 Å². The highest BCUT2D eigenvalue weighted by Gasteiger charge is 2.45. The van der Waals surface area contributed by atoms with Gasteiger partial charge in [0, 0.05) is 42.8 Å². The molecule has 2 aromatic rings. The number of rotatable bonds is 6.